The largest absolute Gasteiger partial charge is 0.328 e. The van der Waals surface area contributed by atoms with Crippen LogP contribution in [0.15, 0.2) is 24.3 Å². The molecule has 0 aliphatic carbocycles. The molecule has 2 nitrogen and oxygen atoms in total. The van der Waals surface area contributed by atoms with Crippen LogP contribution in [0.3, 0.4) is 0 Å². The Labute approximate surface area is 99.0 Å². The number of hydrogen-bond acceptors (Lipinski definition) is 2. The van der Waals surface area contributed by atoms with Crippen molar-refractivity contribution in [3.63, 3.8) is 0 Å². The van der Waals surface area contributed by atoms with Gasteiger partial charge in [-0.2, -0.15) is 0 Å². The van der Waals surface area contributed by atoms with E-state index in [-0.39, 0.29) is 17.5 Å². The molecule has 0 bridgehead atoms. The summed E-state index contributed by atoms with van der Waals surface area (Å²) in [6.07, 6.45) is 0.828. The van der Waals surface area contributed by atoms with Gasteiger partial charge in [-0.15, -0.1) is 0 Å². The third kappa shape index (κ3) is 3.62. The van der Waals surface area contributed by atoms with Crippen LogP contribution in [0.25, 0.3) is 0 Å². The van der Waals surface area contributed by atoms with Crippen LogP contribution < -0.4 is 11.5 Å². The first-order chi connectivity index (χ1) is 7.30. The van der Waals surface area contributed by atoms with E-state index in [1.165, 1.54) is 11.1 Å². The van der Waals surface area contributed by atoms with Crippen molar-refractivity contribution in [2.24, 2.45) is 11.5 Å². The summed E-state index contributed by atoms with van der Waals surface area (Å²) in [5, 5.41) is 0. The first kappa shape index (κ1) is 13.2. The highest BCUT2D eigenvalue weighted by molar-refractivity contribution is 5.29. The van der Waals surface area contributed by atoms with Gasteiger partial charge in [-0.25, -0.2) is 0 Å². The third-order valence-electron chi connectivity index (χ3n) is 2.83. The summed E-state index contributed by atoms with van der Waals surface area (Å²) in [7, 11) is 0. The molecule has 90 valence electrons. The zero-order chi connectivity index (χ0) is 12.3. The molecule has 1 aromatic rings. The van der Waals surface area contributed by atoms with Gasteiger partial charge < -0.3 is 11.5 Å². The van der Waals surface area contributed by atoms with Crippen molar-refractivity contribution in [3.05, 3.63) is 35.4 Å². The molecule has 0 amide bonds. The van der Waals surface area contributed by atoms with Crippen molar-refractivity contribution in [1.29, 1.82) is 0 Å². The van der Waals surface area contributed by atoms with Gasteiger partial charge in [0.25, 0.3) is 0 Å². The van der Waals surface area contributed by atoms with Crippen LogP contribution in [0.1, 0.15) is 51.3 Å². The Balaban J connectivity index is 2.79. The van der Waals surface area contributed by atoms with Gasteiger partial charge in [-0.3, -0.25) is 0 Å². The van der Waals surface area contributed by atoms with Gasteiger partial charge in [0, 0.05) is 12.1 Å². The predicted molar refractivity (Wildman–Crippen MR) is 70.3 cm³/mol. The number of benzene rings is 1. The van der Waals surface area contributed by atoms with Crippen LogP contribution in [-0.2, 0) is 5.41 Å². The highest BCUT2D eigenvalue weighted by Crippen LogP contribution is 2.24. The lowest BCUT2D eigenvalue weighted by molar-refractivity contribution is 0.565. The van der Waals surface area contributed by atoms with Gasteiger partial charge in [0.05, 0.1) is 0 Å². The minimum Gasteiger partial charge on any atom is -0.328 e. The van der Waals surface area contributed by atoms with Gasteiger partial charge in [0.1, 0.15) is 0 Å². The Morgan fingerprint density at radius 1 is 1.06 bits per heavy atom. The van der Waals surface area contributed by atoms with Gasteiger partial charge in [0.2, 0.25) is 0 Å². The first-order valence-corrected chi connectivity index (χ1v) is 5.92. The second kappa shape index (κ2) is 4.98. The van der Waals surface area contributed by atoms with Crippen molar-refractivity contribution in [1.82, 2.24) is 0 Å². The van der Waals surface area contributed by atoms with Gasteiger partial charge in [-0.05, 0) is 29.9 Å². The standard InChI is InChI=1S/C14H24N2/c1-10(15)9-13(16)11-5-7-12(8-6-11)14(2,3)4/h5-8,10,13H,9,15-16H2,1-4H3. The average molecular weight is 220 g/mol. The predicted octanol–water partition coefficient (Wildman–Crippen LogP) is 2.72. The van der Waals surface area contributed by atoms with Crippen molar-refractivity contribution in [2.45, 2.75) is 51.6 Å². The molecule has 0 radical (unpaired) electrons. The van der Waals surface area contributed by atoms with Crippen molar-refractivity contribution >= 4 is 0 Å². The summed E-state index contributed by atoms with van der Waals surface area (Å²) >= 11 is 0. The maximum absolute atomic E-state index is 6.08. The second-order valence-corrected chi connectivity index (χ2v) is 5.69. The fourth-order valence-corrected chi connectivity index (χ4v) is 1.77. The Kier molecular flexibility index (Phi) is 4.11. The lowest BCUT2D eigenvalue weighted by atomic mass is 9.86. The maximum Gasteiger partial charge on any atom is 0.0309 e. The molecule has 0 spiro atoms. The Morgan fingerprint density at radius 2 is 1.56 bits per heavy atom. The SMILES string of the molecule is CC(N)CC(N)c1ccc(C(C)(C)C)cc1. The first-order valence-electron chi connectivity index (χ1n) is 5.92. The minimum absolute atomic E-state index is 0.0500. The average Bonchev–Trinajstić information content (AvgIpc) is 2.15. The molecule has 1 rings (SSSR count). The van der Waals surface area contributed by atoms with E-state index in [4.69, 9.17) is 11.5 Å². The Bertz CT molecular complexity index is 320. The van der Waals surface area contributed by atoms with E-state index in [1.54, 1.807) is 0 Å². The monoisotopic (exact) mass is 220 g/mol. The summed E-state index contributed by atoms with van der Waals surface area (Å²) < 4.78 is 0. The van der Waals surface area contributed by atoms with E-state index < -0.39 is 0 Å². The van der Waals surface area contributed by atoms with Crippen LogP contribution in [0.5, 0.6) is 0 Å². The third-order valence-corrected chi connectivity index (χ3v) is 2.83. The Morgan fingerprint density at radius 3 is 1.94 bits per heavy atom. The molecule has 0 aliphatic rings. The molecular formula is C14H24N2. The summed E-state index contributed by atoms with van der Waals surface area (Å²) in [5.41, 5.74) is 14.5. The summed E-state index contributed by atoms with van der Waals surface area (Å²) in [6, 6.07) is 8.76. The van der Waals surface area contributed by atoms with Crippen LogP contribution >= 0.6 is 0 Å². The van der Waals surface area contributed by atoms with Crippen molar-refractivity contribution in [3.8, 4) is 0 Å². The lowest BCUT2D eigenvalue weighted by Gasteiger charge is -2.20. The van der Waals surface area contributed by atoms with Crippen LogP contribution in [0.2, 0.25) is 0 Å². The van der Waals surface area contributed by atoms with E-state index in [0.717, 1.165) is 6.42 Å². The Hall–Kier alpha value is -0.860. The molecule has 2 atom stereocenters. The fourth-order valence-electron chi connectivity index (χ4n) is 1.77. The van der Waals surface area contributed by atoms with Crippen molar-refractivity contribution < 1.29 is 0 Å². The van der Waals surface area contributed by atoms with Crippen LogP contribution in [0.4, 0.5) is 0 Å². The quantitative estimate of drug-likeness (QED) is 0.823. The van der Waals surface area contributed by atoms with E-state index >= 15 is 0 Å². The zero-order valence-electron chi connectivity index (χ0n) is 10.8. The van der Waals surface area contributed by atoms with Gasteiger partial charge >= 0.3 is 0 Å². The molecule has 0 aliphatic heterocycles. The van der Waals surface area contributed by atoms with Gasteiger partial charge in [-0.1, -0.05) is 45.0 Å². The van der Waals surface area contributed by atoms with E-state index in [2.05, 4.69) is 45.0 Å². The number of rotatable bonds is 3. The molecule has 0 aromatic heterocycles. The summed E-state index contributed by atoms with van der Waals surface area (Å²) in [4.78, 5) is 0. The van der Waals surface area contributed by atoms with Gasteiger partial charge in [0.15, 0.2) is 0 Å². The molecule has 2 heteroatoms. The topological polar surface area (TPSA) is 52.0 Å². The zero-order valence-corrected chi connectivity index (χ0v) is 10.8. The number of nitrogens with two attached hydrogens (primary N) is 2. The van der Waals surface area contributed by atoms with E-state index in [1.807, 2.05) is 6.92 Å². The van der Waals surface area contributed by atoms with Crippen LogP contribution in [-0.4, -0.2) is 6.04 Å². The highest BCUT2D eigenvalue weighted by atomic mass is 14.7. The van der Waals surface area contributed by atoms with E-state index in [9.17, 15) is 0 Å². The minimum atomic E-state index is 0.0500. The highest BCUT2D eigenvalue weighted by Gasteiger charge is 2.14. The molecule has 0 fully saturated rings. The maximum atomic E-state index is 6.08. The fraction of sp³-hybridized carbons (Fsp3) is 0.571. The van der Waals surface area contributed by atoms with E-state index in [0.29, 0.717) is 0 Å². The number of hydrogen-bond donors (Lipinski definition) is 2. The molecular weight excluding hydrogens is 196 g/mol. The molecule has 16 heavy (non-hydrogen) atoms. The summed E-state index contributed by atoms with van der Waals surface area (Å²) in [6.45, 7) is 8.63. The molecule has 0 heterocycles. The molecule has 1 aromatic carbocycles. The second-order valence-electron chi connectivity index (χ2n) is 5.69. The van der Waals surface area contributed by atoms with Crippen LogP contribution in [0, 0.1) is 0 Å². The molecule has 4 N–H and O–H groups in total. The molecule has 2 unspecified atom stereocenters. The lowest BCUT2D eigenvalue weighted by Crippen LogP contribution is -2.23. The van der Waals surface area contributed by atoms with Crippen molar-refractivity contribution in [2.75, 3.05) is 0 Å². The molecule has 0 saturated heterocycles. The summed E-state index contributed by atoms with van der Waals surface area (Å²) in [5.74, 6) is 0. The normalized spacial score (nSPS) is 15.9. The molecule has 0 saturated carbocycles. The smallest absolute Gasteiger partial charge is 0.0309 e.